The zero-order valence-corrected chi connectivity index (χ0v) is 12.7. The number of phenols is 1. The lowest BCUT2D eigenvalue weighted by Crippen LogP contribution is -3.13. The third-order valence-electron chi connectivity index (χ3n) is 4.00. The van der Waals surface area contributed by atoms with Crippen LogP contribution in [0.5, 0.6) is 11.5 Å². The largest absolute Gasteiger partial charge is 0.504 e. The first-order valence-corrected chi connectivity index (χ1v) is 7.47. The van der Waals surface area contributed by atoms with Gasteiger partial charge in [-0.2, -0.15) is 0 Å². The Hall–Kier alpha value is -2.34. The van der Waals surface area contributed by atoms with Crippen LogP contribution in [0.2, 0.25) is 0 Å². The van der Waals surface area contributed by atoms with Crippen molar-refractivity contribution in [1.29, 1.82) is 0 Å². The predicted octanol–water partition coefficient (Wildman–Crippen LogP) is 0.0959. The van der Waals surface area contributed by atoms with Crippen molar-refractivity contribution in [2.24, 2.45) is 0 Å². The molecule has 3 rings (SSSR count). The number of phenolic OH excluding ortho intramolecular Hbond substituents is 1. The number of nitrogens with zero attached hydrogens (tertiary/aromatic N) is 3. The highest BCUT2D eigenvalue weighted by molar-refractivity contribution is 5.41. The molecule has 1 aromatic heterocycles. The minimum absolute atomic E-state index is 0.204. The van der Waals surface area contributed by atoms with E-state index >= 15 is 0 Å². The molecule has 0 saturated carbocycles. The number of aromatic hydroxyl groups is 1. The maximum atomic E-state index is 9.85. The lowest BCUT2D eigenvalue weighted by atomic mass is 10.1. The quantitative estimate of drug-likeness (QED) is 0.838. The lowest BCUT2D eigenvalue weighted by molar-refractivity contribution is -0.914. The standard InChI is InChI=1S/C16H20N4O2/c1-22-15-4-3-13(11-14(15)21)12-19-7-9-20(10-8-19)16-17-5-2-6-18-16/h2-6,11,21H,7-10,12H2,1H3/p+1. The highest BCUT2D eigenvalue weighted by Crippen LogP contribution is 2.25. The Morgan fingerprint density at radius 1 is 1.23 bits per heavy atom. The van der Waals surface area contributed by atoms with Crippen molar-refractivity contribution in [2.75, 3.05) is 38.2 Å². The summed E-state index contributed by atoms with van der Waals surface area (Å²) in [4.78, 5) is 12.3. The molecule has 0 aliphatic carbocycles. The Kier molecular flexibility index (Phi) is 4.39. The molecule has 0 spiro atoms. The van der Waals surface area contributed by atoms with E-state index in [0.717, 1.165) is 44.2 Å². The predicted molar refractivity (Wildman–Crippen MR) is 83.3 cm³/mol. The number of ether oxygens (including phenoxy) is 1. The first-order chi connectivity index (χ1) is 10.8. The van der Waals surface area contributed by atoms with Crippen LogP contribution in [0, 0.1) is 0 Å². The molecule has 116 valence electrons. The summed E-state index contributed by atoms with van der Waals surface area (Å²) in [5.41, 5.74) is 1.12. The first kappa shape index (κ1) is 14.6. The molecule has 2 aromatic rings. The van der Waals surface area contributed by atoms with E-state index in [9.17, 15) is 5.11 Å². The minimum Gasteiger partial charge on any atom is -0.504 e. The van der Waals surface area contributed by atoms with Crippen molar-refractivity contribution in [3.05, 3.63) is 42.2 Å². The highest BCUT2D eigenvalue weighted by Gasteiger charge is 2.21. The third kappa shape index (κ3) is 3.28. The number of rotatable bonds is 4. The fourth-order valence-corrected chi connectivity index (χ4v) is 2.79. The van der Waals surface area contributed by atoms with Crippen molar-refractivity contribution >= 4 is 5.95 Å². The summed E-state index contributed by atoms with van der Waals surface area (Å²) in [6.45, 7) is 4.86. The van der Waals surface area contributed by atoms with Crippen LogP contribution in [0.1, 0.15) is 5.56 Å². The molecule has 22 heavy (non-hydrogen) atoms. The Balaban J connectivity index is 1.57. The van der Waals surface area contributed by atoms with Crippen LogP contribution in [0.3, 0.4) is 0 Å². The van der Waals surface area contributed by atoms with Gasteiger partial charge < -0.3 is 19.6 Å². The minimum atomic E-state index is 0.204. The van der Waals surface area contributed by atoms with Crippen LogP contribution >= 0.6 is 0 Å². The van der Waals surface area contributed by atoms with Gasteiger partial charge >= 0.3 is 0 Å². The summed E-state index contributed by atoms with van der Waals surface area (Å²) in [7, 11) is 1.56. The normalized spacial score (nSPS) is 15.8. The topological polar surface area (TPSA) is 62.9 Å². The van der Waals surface area contributed by atoms with Gasteiger partial charge in [-0.1, -0.05) is 0 Å². The van der Waals surface area contributed by atoms with Crippen LogP contribution in [0.4, 0.5) is 5.95 Å². The summed E-state index contributed by atoms with van der Waals surface area (Å²) in [6.07, 6.45) is 3.56. The molecule has 0 atom stereocenters. The van der Waals surface area contributed by atoms with Crippen molar-refractivity contribution in [3.8, 4) is 11.5 Å². The van der Waals surface area contributed by atoms with Crippen LogP contribution in [-0.2, 0) is 6.54 Å². The van der Waals surface area contributed by atoms with Crippen molar-refractivity contribution < 1.29 is 14.7 Å². The number of aromatic nitrogens is 2. The Labute approximate surface area is 130 Å². The monoisotopic (exact) mass is 301 g/mol. The number of nitrogens with one attached hydrogen (secondary N) is 1. The molecule has 2 heterocycles. The van der Waals surface area contributed by atoms with Crippen LogP contribution in [-0.4, -0.2) is 48.4 Å². The van der Waals surface area contributed by atoms with Crippen LogP contribution < -0.4 is 14.5 Å². The van der Waals surface area contributed by atoms with Crippen LogP contribution in [0.25, 0.3) is 0 Å². The lowest BCUT2D eigenvalue weighted by Gasteiger charge is -2.32. The van der Waals surface area contributed by atoms with E-state index in [1.54, 1.807) is 25.6 Å². The third-order valence-corrected chi connectivity index (χ3v) is 4.00. The van der Waals surface area contributed by atoms with Gasteiger partial charge in [-0.05, 0) is 24.3 Å². The smallest absolute Gasteiger partial charge is 0.225 e. The molecule has 0 unspecified atom stereocenters. The molecular formula is C16H21N4O2+. The van der Waals surface area contributed by atoms with E-state index in [1.807, 2.05) is 18.2 Å². The van der Waals surface area contributed by atoms with Gasteiger partial charge in [0.25, 0.3) is 0 Å². The Morgan fingerprint density at radius 2 is 1.95 bits per heavy atom. The number of hydrogen-bond acceptors (Lipinski definition) is 5. The second-order valence-corrected chi connectivity index (χ2v) is 5.47. The SMILES string of the molecule is COc1ccc(C[NH+]2CCN(c3ncccn3)CC2)cc1O. The van der Waals surface area contributed by atoms with E-state index in [1.165, 1.54) is 4.90 Å². The molecule has 1 fully saturated rings. The summed E-state index contributed by atoms with van der Waals surface area (Å²) >= 11 is 0. The second-order valence-electron chi connectivity index (χ2n) is 5.47. The molecule has 6 heteroatoms. The fourth-order valence-electron chi connectivity index (χ4n) is 2.79. The Morgan fingerprint density at radius 3 is 2.59 bits per heavy atom. The second kappa shape index (κ2) is 6.62. The van der Waals surface area contributed by atoms with E-state index in [-0.39, 0.29) is 5.75 Å². The van der Waals surface area contributed by atoms with Crippen molar-refractivity contribution in [3.63, 3.8) is 0 Å². The summed E-state index contributed by atoms with van der Waals surface area (Å²) in [6, 6.07) is 7.45. The first-order valence-electron chi connectivity index (χ1n) is 7.47. The van der Waals surface area contributed by atoms with E-state index in [4.69, 9.17) is 4.74 Å². The zero-order chi connectivity index (χ0) is 15.4. The van der Waals surface area contributed by atoms with Gasteiger partial charge in [-0.3, -0.25) is 0 Å². The maximum absolute atomic E-state index is 9.85. The number of hydrogen-bond donors (Lipinski definition) is 2. The number of quaternary nitrogens is 1. The van der Waals surface area contributed by atoms with Gasteiger partial charge in [0.15, 0.2) is 11.5 Å². The van der Waals surface area contributed by atoms with Gasteiger partial charge in [0.1, 0.15) is 6.54 Å². The Bertz CT molecular complexity index is 613. The maximum Gasteiger partial charge on any atom is 0.225 e. The van der Waals surface area contributed by atoms with E-state index in [0.29, 0.717) is 5.75 Å². The summed E-state index contributed by atoms with van der Waals surface area (Å²) in [5.74, 6) is 1.53. The van der Waals surface area contributed by atoms with Gasteiger partial charge in [-0.15, -0.1) is 0 Å². The zero-order valence-electron chi connectivity index (χ0n) is 12.7. The molecule has 0 radical (unpaired) electrons. The van der Waals surface area contributed by atoms with Gasteiger partial charge in [0.05, 0.1) is 33.3 Å². The highest BCUT2D eigenvalue weighted by atomic mass is 16.5. The number of methoxy groups -OCH3 is 1. The molecule has 0 bridgehead atoms. The van der Waals surface area contributed by atoms with Crippen molar-refractivity contribution in [2.45, 2.75) is 6.54 Å². The van der Waals surface area contributed by atoms with Gasteiger partial charge in [0.2, 0.25) is 5.95 Å². The van der Waals surface area contributed by atoms with Crippen molar-refractivity contribution in [1.82, 2.24) is 9.97 Å². The van der Waals surface area contributed by atoms with Gasteiger partial charge in [-0.25, -0.2) is 9.97 Å². The molecule has 2 N–H and O–H groups in total. The molecule has 1 aromatic carbocycles. The van der Waals surface area contributed by atoms with E-state index < -0.39 is 0 Å². The van der Waals surface area contributed by atoms with Gasteiger partial charge in [0, 0.05) is 18.0 Å². The molecule has 0 amide bonds. The van der Waals surface area contributed by atoms with E-state index in [2.05, 4.69) is 14.9 Å². The molecule has 1 aliphatic heterocycles. The molecule has 6 nitrogen and oxygen atoms in total. The number of anilines is 1. The molecule has 1 saturated heterocycles. The average molecular weight is 301 g/mol. The number of piperazine rings is 1. The summed E-state index contributed by atoms with van der Waals surface area (Å²) < 4.78 is 5.08. The molecular weight excluding hydrogens is 280 g/mol. The van der Waals surface area contributed by atoms with Crippen LogP contribution in [0.15, 0.2) is 36.7 Å². The number of benzene rings is 1. The fraction of sp³-hybridized carbons (Fsp3) is 0.375. The summed E-state index contributed by atoms with van der Waals surface area (Å²) in [5, 5.41) is 9.85. The average Bonchev–Trinajstić information content (AvgIpc) is 2.57. The molecule has 1 aliphatic rings.